The summed E-state index contributed by atoms with van der Waals surface area (Å²) in [5.41, 5.74) is 0.564. The minimum Gasteiger partial charge on any atom is -0.385 e. The number of urea groups is 1. The van der Waals surface area contributed by atoms with Crippen LogP contribution in [-0.4, -0.2) is 69.1 Å². The van der Waals surface area contributed by atoms with Crippen molar-refractivity contribution in [2.45, 2.75) is 68.3 Å². The fourth-order valence-corrected chi connectivity index (χ4v) is 7.85. The minimum atomic E-state index is -5.39. The van der Waals surface area contributed by atoms with Crippen LogP contribution in [0.5, 0.6) is 0 Å². The summed E-state index contributed by atoms with van der Waals surface area (Å²) >= 11 is 2.70. The second-order valence-corrected chi connectivity index (χ2v) is 14.2. The number of ether oxygens (including phenoxy) is 1. The van der Waals surface area contributed by atoms with E-state index in [1.54, 1.807) is 35.7 Å². The van der Waals surface area contributed by atoms with Gasteiger partial charge in [-0.05, 0) is 64.8 Å². The van der Waals surface area contributed by atoms with E-state index in [0.717, 1.165) is 41.2 Å². The third-order valence-corrected chi connectivity index (χ3v) is 10.3. The molecule has 10 nitrogen and oxygen atoms in total. The van der Waals surface area contributed by atoms with E-state index < -0.39 is 29.7 Å². The number of Topliss-reactive ketones (excluding diaryl/α,β-unsaturated/α-hetero) is 1. The summed E-state index contributed by atoms with van der Waals surface area (Å²) in [4.78, 5) is 70.9. The van der Waals surface area contributed by atoms with Crippen LogP contribution in [0.4, 0.5) is 23.0 Å². The first-order valence-electron chi connectivity index (χ1n) is 13.9. The van der Waals surface area contributed by atoms with Crippen molar-refractivity contribution in [1.29, 1.82) is 0 Å². The van der Waals surface area contributed by atoms with Crippen molar-refractivity contribution in [2.24, 2.45) is 0 Å². The summed E-state index contributed by atoms with van der Waals surface area (Å²) in [5.74, 6) is -4.61. The Morgan fingerprint density at radius 2 is 1.71 bits per heavy atom. The average molecular weight is 663 g/mol. The number of halogens is 3. The molecular weight excluding hydrogens is 633 g/mol. The van der Waals surface area contributed by atoms with Gasteiger partial charge in [0.2, 0.25) is 0 Å². The molecule has 0 saturated carbocycles. The summed E-state index contributed by atoms with van der Waals surface area (Å²) in [5, 5.41) is 5.34. The summed E-state index contributed by atoms with van der Waals surface area (Å²) in [6, 6.07) is 8.28. The van der Waals surface area contributed by atoms with Gasteiger partial charge in [0.25, 0.3) is 5.91 Å². The Kier molecular flexibility index (Phi) is 8.46. The Morgan fingerprint density at radius 3 is 2.38 bits per heavy atom. The fraction of sp³-hybridized carbons (Fsp3) is 0.400. The predicted octanol–water partition coefficient (Wildman–Crippen LogP) is 5.80. The van der Waals surface area contributed by atoms with Crippen molar-refractivity contribution in [2.75, 3.05) is 18.4 Å². The Morgan fingerprint density at radius 1 is 1.02 bits per heavy atom. The molecule has 2 aliphatic rings. The standard InChI is InChI=1S/C30H29F3N4O6S2/c1-15-5-8-20-18(13-15)19(38)14-29(45-20)9-11-37(12-10-29)24(39)21-17-7-6-16(2)34-22(17)44-23(21)35-27(42)36-28(3,4)25(40)43-26(41)30(31,32)33/h5-8,13H,9-12,14H2,1-4H3,(H2,35,36,42). The number of piperidine rings is 1. The lowest BCUT2D eigenvalue weighted by Crippen LogP contribution is -2.53. The Bertz CT molecular complexity index is 1750. The largest absolute Gasteiger partial charge is 0.491 e. The average Bonchev–Trinajstić information content (AvgIpc) is 3.29. The molecule has 3 aromatic rings. The fourth-order valence-electron chi connectivity index (χ4n) is 5.27. The van der Waals surface area contributed by atoms with E-state index in [1.165, 1.54) is 0 Å². The van der Waals surface area contributed by atoms with Crippen molar-refractivity contribution in [3.63, 3.8) is 0 Å². The summed E-state index contributed by atoms with van der Waals surface area (Å²) in [6.07, 6.45) is -3.86. The maximum Gasteiger partial charge on any atom is 0.491 e. The van der Waals surface area contributed by atoms with E-state index >= 15 is 0 Å². The van der Waals surface area contributed by atoms with E-state index in [0.29, 0.717) is 48.3 Å². The number of benzene rings is 1. The van der Waals surface area contributed by atoms with Gasteiger partial charge in [-0.1, -0.05) is 23.0 Å². The number of alkyl halides is 3. The second kappa shape index (κ2) is 11.7. The number of thiophene rings is 1. The van der Waals surface area contributed by atoms with Crippen LogP contribution in [0.2, 0.25) is 0 Å². The number of rotatable bonds is 4. The van der Waals surface area contributed by atoms with Crippen molar-refractivity contribution < 1.29 is 41.9 Å². The smallest absolute Gasteiger partial charge is 0.385 e. The van der Waals surface area contributed by atoms with Crippen LogP contribution in [0.3, 0.4) is 0 Å². The summed E-state index contributed by atoms with van der Waals surface area (Å²) in [7, 11) is 0. The van der Waals surface area contributed by atoms with Crippen LogP contribution in [-0.2, 0) is 14.3 Å². The van der Waals surface area contributed by atoms with Gasteiger partial charge in [-0.3, -0.25) is 14.9 Å². The van der Waals surface area contributed by atoms with Gasteiger partial charge in [0.05, 0.1) is 5.56 Å². The van der Waals surface area contributed by atoms with Crippen LogP contribution < -0.4 is 10.6 Å². The van der Waals surface area contributed by atoms with Gasteiger partial charge < -0.3 is 15.0 Å². The number of anilines is 1. The van der Waals surface area contributed by atoms with Crippen molar-refractivity contribution in [3.05, 3.63) is 52.7 Å². The number of fused-ring (bicyclic) bond motifs is 2. The molecule has 2 aliphatic heterocycles. The summed E-state index contributed by atoms with van der Waals surface area (Å²) in [6.45, 7) is 6.59. The number of amides is 3. The first kappa shape index (κ1) is 32.4. The number of likely N-dealkylation sites (tertiary alicyclic amines) is 1. The molecule has 3 amide bonds. The zero-order chi connectivity index (χ0) is 32.9. The molecule has 1 saturated heterocycles. The van der Waals surface area contributed by atoms with E-state index in [1.807, 2.05) is 25.1 Å². The van der Waals surface area contributed by atoms with Gasteiger partial charge in [0.15, 0.2) is 5.78 Å². The monoisotopic (exact) mass is 662 g/mol. The van der Waals surface area contributed by atoms with Crippen molar-refractivity contribution in [1.82, 2.24) is 15.2 Å². The molecule has 0 atom stereocenters. The van der Waals surface area contributed by atoms with E-state index in [-0.39, 0.29) is 27.0 Å². The molecule has 5 rings (SSSR count). The normalized spacial score (nSPS) is 16.3. The van der Waals surface area contributed by atoms with Crippen LogP contribution in [0, 0.1) is 13.8 Å². The number of esters is 2. The molecule has 15 heteroatoms. The molecule has 45 heavy (non-hydrogen) atoms. The SMILES string of the molecule is Cc1ccc2c(c1)C(=O)CC1(CCN(C(=O)c3c(NC(=O)NC(C)(C)C(=O)OC(=O)C(F)(F)F)sc4nc(C)ccc34)CC1)S2. The Hall–Kier alpha value is -3.98. The molecule has 0 aliphatic carbocycles. The number of hydrogen-bond donors (Lipinski definition) is 2. The number of nitrogens with zero attached hydrogens (tertiary/aromatic N) is 2. The molecule has 238 valence electrons. The zero-order valence-electron chi connectivity index (χ0n) is 24.7. The maximum absolute atomic E-state index is 14.0. The topological polar surface area (TPSA) is 135 Å². The number of pyridine rings is 1. The third kappa shape index (κ3) is 6.69. The van der Waals surface area contributed by atoms with Gasteiger partial charge in [-0.15, -0.1) is 11.8 Å². The highest BCUT2D eigenvalue weighted by Gasteiger charge is 2.46. The van der Waals surface area contributed by atoms with Crippen molar-refractivity contribution >= 4 is 68.0 Å². The highest BCUT2D eigenvalue weighted by molar-refractivity contribution is 8.01. The quantitative estimate of drug-likeness (QED) is 0.265. The molecule has 0 unspecified atom stereocenters. The van der Waals surface area contributed by atoms with Crippen LogP contribution >= 0.6 is 23.1 Å². The molecular formula is C30H29F3N4O6S2. The number of carbonyl (C=O) groups is 5. The number of aryl methyl sites for hydroxylation is 2. The molecule has 2 N–H and O–H groups in total. The third-order valence-electron chi connectivity index (χ3n) is 7.70. The molecule has 0 bridgehead atoms. The lowest BCUT2D eigenvalue weighted by Gasteiger charge is -2.43. The Labute approximate surface area is 264 Å². The molecule has 1 spiro atoms. The number of carbonyl (C=O) groups excluding carboxylic acids is 5. The highest BCUT2D eigenvalue weighted by atomic mass is 32.2. The van der Waals surface area contributed by atoms with Gasteiger partial charge in [-0.2, -0.15) is 13.2 Å². The van der Waals surface area contributed by atoms with E-state index in [2.05, 4.69) is 20.4 Å². The highest BCUT2D eigenvalue weighted by Crippen LogP contribution is 2.49. The number of nitrogens with one attached hydrogen (secondary N) is 2. The lowest BCUT2D eigenvalue weighted by atomic mass is 9.87. The number of aromatic nitrogens is 1. The molecule has 1 fully saturated rings. The van der Waals surface area contributed by atoms with Crippen molar-refractivity contribution in [3.8, 4) is 0 Å². The van der Waals surface area contributed by atoms with Gasteiger partial charge in [0, 0.05) is 45.8 Å². The van der Waals surface area contributed by atoms with Gasteiger partial charge in [0.1, 0.15) is 15.4 Å². The predicted molar refractivity (Wildman–Crippen MR) is 162 cm³/mol. The summed E-state index contributed by atoms with van der Waals surface area (Å²) < 4.78 is 41.2. The first-order valence-corrected chi connectivity index (χ1v) is 15.6. The molecule has 2 aromatic heterocycles. The minimum absolute atomic E-state index is 0.0876. The maximum atomic E-state index is 14.0. The van der Waals surface area contributed by atoms with Gasteiger partial charge >= 0.3 is 24.1 Å². The lowest BCUT2D eigenvalue weighted by molar-refractivity contribution is -0.203. The van der Waals surface area contributed by atoms with Crippen LogP contribution in [0.1, 0.15) is 65.1 Å². The van der Waals surface area contributed by atoms with E-state index in [9.17, 15) is 37.1 Å². The Balaban J connectivity index is 1.33. The second-order valence-electron chi connectivity index (χ2n) is 11.7. The van der Waals surface area contributed by atoms with Crippen LogP contribution in [0.25, 0.3) is 10.2 Å². The first-order chi connectivity index (χ1) is 21.0. The molecule has 4 heterocycles. The number of hydrogen-bond acceptors (Lipinski definition) is 9. The number of ketones is 1. The zero-order valence-corrected chi connectivity index (χ0v) is 26.3. The number of thioether (sulfide) groups is 1. The molecule has 0 radical (unpaired) electrons. The van der Waals surface area contributed by atoms with E-state index in [4.69, 9.17) is 0 Å². The van der Waals surface area contributed by atoms with Crippen LogP contribution in [0.15, 0.2) is 35.2 Å². The van der Waals surface area contributed by atoms with Gasteiger partial charge in [-0.25, -0.2) is 19.4 Å². The molecule has 1 aromatic carbocycles.